The second-order valence-electron chi connectivity index (χ2n) is 7.50. The Morgan fingerprint density at radius 1 is 1.09 bits per heavy atom. The molecule has 7 heteroatoms. The molecule has 7 nitrogen and oxygen atoms in total. The van der Waals surface area contributed by atoms with Gasteiger partial charge in [-0.15, -0.1) is 0 Å². The summed E-state index contributed by atoms with van der Waals surface area (Å²) in [7, 11) is 4.96. The highest BCUT2D eigenvalue weighted by Crippen LogP contribution is 2.35. The van der Waals surface area contributed by atoms with E-state index in [1.165, 1.54) is 0 Å². The number of benzene rings is 1. The van der Waals surface area contributed by atoms with Gasteiger partial charge >= 0.3 is 0 Å². The number of hydrogen-bond acceptors (Lipinski definition) is 7. The number of methoxy groups -OCH3 is 3. The van der Waals surface area contributed by atoms with Crippen molar-refractivity contribution in [3.63, 3.8) is 0 Å². The molecule has 1 atom stereocenters. The van der Waals surface area contributed by atoms with Crippen LogP contribution in [-0.4, -0.2) is 81.1 Å². The standard InChI is InChI=1S/C23H37NO6.C2H6/c1-7-8-9-18-10-11-20(30-17-21(25)23(2,3)26)19(22(18)29-6)16-24(12-14-27-4)13-15-28-5;1-2/h7-11,21,25-26H,1,12-17H2,2-6H3;1-2H3/b9-8-;. The van der Waals surface area contributed by atoms with E-state index in [1.807, 2.05) is 38.1 Å². The molecule has 0 fully saturated rings. The zero-order valence-electron chi connectivity index (χ0n) is 20.9. The lowest BCUT2D eigenvalue weighted by atomic mass is 10.0. The van der Waals surface area contributed by atoms with Crippen LogP contribution in [0.1, 0.15) is 38.8 Å². The first-order chi connectivity index (χ1) is 15.3. The van der Waals surface area contributed by atoms with Crippen LogP contribution in [0.25, 0.3) is 6.08 Å². The zero-order valence-corrected chi connectivity index (χ0v) is 20.9. The predicted octanol–water partition coefficient (Wildman–Crippen LogP) is 3.53. The van der Waals surface area contributed by atoms with Crippen molar-refractivity contribution in [1.29, 1.82) is 0 Å². The molecule has 2 N–H and O–H groups in total. The molecule has 184 valence electrons. The molecule has 0 amide bonds. The van der Waals surface area contributed by atoms with Gasteiger partial charge in [0, 0.05) is 39.4 Å². The van der Waals surface area contributed by atoms with Crippen molar-refractivity contribution in [2.24, 2.45) is 0 Å². The first kappa shape index (κ1) is 30.1. The molecule has 1 aromatic rings. The molecular weight excluding hydrogens is 410 g/mol. The third kappa shape index (κ3) is 10.6. The second kappa shape index (κ2) is 16.7. The van der Waals surface area contributed by atoms with Crippen LogP contribution in [0.15, 0.2) is 30.9 Å². The Morgan fingerprint density at radius 3 is 2.16 bits per heavy atom. The van der Waals surface area contributed by atoms with Crippen LogP contribution in [0.3, 0.4) is 0 Å². The first-order valence-electron chi connectivity index (χ1n) is 11.0. The Morgan fingerprint density at radius 2 is 1.69 bits per heavy atom. The predicted molar refractivity (Wildman–Crippen MR) is 130 cm³/mol. The Bertz CT molecular complexity index is 661. The van der Waals surface area contributed by atoms with Gasteiger partial charge in [0.1, 0.15) is 24.2 Å². The number of hydrogen-bond donors (Lipinski definition) is 2. The average molecular weight is 454 g/mol. The Balaban J connectivity index is 0.00000466. The third-order valence-electron chi connectivity index (χ3n) is 4.68. The van der Waals surface area contributed by atoms with E-state index < -0.39 is 11.7 Å². The van der Waals surface area contributed by atoms with Gasteiger partial charge in [-0.1, -0.05) is 38.7 Å². The largest absolute Gasteiger partial charge is 0.496 e. The van der Waals surface area contributed by atoms with Crippen LogP contribution in [0.2, 0.25) is 0 Å². The molecule has 1 rings (SSSR count). The lowest BCUT2D eigenvalue weighted by molar-refractivity contribution is -0.0663. The minimum atomic E-state index is -1.26. The summed E-state index contributed by atoms with van der Waals surface area (Å²) in [6.45, 7) is 13.9. The lowest BCUT2D eigenvalue weighted by Crippen LogP contribution is -2.40. The van der Waals surface area contributed by atoms with Gasteiger partial charge in [0.15, 0.2) is 0 Å². The van der Waals surface area contributed by atoms with Gasteiger partial charge in [0.2, 0.25) is 0 Å². The van der Waals surface area contributed by atoms with Crippen molar-refractivity contribution in [2.45, 2.75) is 45.9 Å². The second-order valence-corrected chi connectivity index (χ2v) is 7.50. The summed E-state index contributed by atoms with van der Waals surface area (Å²) < 4.78 is 22.1. The maximum Gasteiger partial charge on any atom is 0.134 e. The highest BCUT2D eigenvalue weighted by molar-refractivity contribution is 5.64. The molecule has 32 heavy (non-hydrogen) atoms. The van der Waals surface area contributed by atoms with Gasteiger partial charge in [0.05, 0.1) is 31.5 Å². The molecule has 0 saturated carbocycles. The molecule has 0 bridgehead atoms. The molecule has 0 aliphatic rings. The molecule has 1 aromatic carbocycles. The summed E-state index contributed by atoms with van der Waals surface area (Å²) in [5, 5.41) is 20.2. The van der Waals surface area contributed by atoms with Crippen molar-refractivity contribution < 1.29 is 29.2 Å². The van der Waals surface area contributed by atoms with Crippen molar-refractivity contribution in [2.75, 3.05) is 54.2 Å². The summed E-state index contributed by atoms with van der Waals surface area (Å²) in [5.41, 5.74) is 0.472. The third-order valence-corrected chi connectivity index (χ3v) is 4.68. The summed E-state index contributed by atoms with van der Waals surface area (Å²) in [4.78, 5) is 2.19. The average Bonchev–Trinajstić information content (AvgIpc) is 2.78. The normalized spacial score (nSPS) is 12.4. The van der Waals surface area contributed by atoms with E-state index in [2.05, 4.69) is 11.5 Å². The minimum Gasteiger partial charge on any atom is -0.496 e. The van der Waals surface area contributed by atoms with Gasteiger partial charge in [-0.05, 0) is 26.0 Å². The molecule has 0 spiro atoms. The summed E-state index contributed by atoms with van der Waals surface area (Å²) >= 11 is 0. The number of allylic oxidation sites excluding steroid dienone is 2. The first-order valence-corrected chi connectivity index (χ1v) is 11.0. The smallest absolute Gasteiger partial charge is 0.134 e. The fourth-order valence-electron chi connectivity index (χ4n) is 2.76. The Hall–Kier alpha value is -1.90. The zero-order chi connectivity index (χ0) is 24.6. The molecule has 0 radical (unpaired) electrons. The van der Waals surface area contributed by atoms with E-state index in [0.717, 1.165) is 11.1 Å². The van der Waals surface area contributed by atoms with Gasteiger partial charge in [-0.3, -0.25) is 4.90 Å². The quantitative estimate of drug-likeness (QED) is 0.393. The molecule has 0 aromatic heterocycles. The summed E-state index contributed by atoms with van der Waals surface area (Å²) in [6, 6.07) is 3.74. The Kier molecular flexibility index (Phi) is 15.7. The fourth-order valence-corrected chi connectivity index (χ4v) is 2.76. The number of aliphatic hydroxyl groups excluding tert-OH is 1. The van der Waals surface area contributed by atoms with Crippen molar-refractivity contribution >= 4 is 6.08 Å². The number of rotatable bonds is 15. The van der Waals surface area contributed by atoms with Crippen LogP contribution >= 0.6 is 0 Å². The van der Waals surface area contributed by atoms with Gasteiger partial charge in [-0.25, -0.2) is 0 Å². The van der Waals surface area contributed by atoms with Crippen LogP contribution < -0.4 is 9.47 Å². The molecule has 0 heterocycles. The lowest BCUT2D eigenvalue weighted by Gasteiger charge is -2.27. The van der Waals surface area contributed by atoms with Crippen molar-refractivity contribution in [3.05, 3.63) is 42.0 Å². The summed E-state index contributed by atoms with van der Waals surface area (Å²) in [6.07, 6.45) is 4.43. The number of ether oxygens (including phenoxy) is 4. The van der Waals surface area contributed by atoms with E-state index in [1.54, 1.807) is 41.3 Å². The maximum absolute atomic E-state index is 10.2. The van der Waals surface area contributed by atoms with E-state index in [-0.39, 0.29) is 6.61 Å². The minimum absolute atomic E-state index is 0.0440. The van der Waals surface area contributed by atoms with Crippen LogP contribution in [0.4, 0.5) is 0 Å². The van der Waals surface area contributed by atoms with Gasteiger partial charge < -0.3 is 29.2 Å². The molecule has 0 saturated heterocycles. The maximum atomic E-state index is 10.2. The SMILES string of the molecule is C=C/C=C\c1ccc(OCC(O)C(C)(C)O)c(CN(CCOC)CCOC)c1OC.CC. The topological polar surface area (TPSA) is 80.6 Å². The van der Waals surface area contributed by atoms with Gasteiger partial charge in [-0.2, -0.15) is 0 Å². The highest BCUT2D eigenvalue weighted by Gasteiger charge is 2.26. The molecule has 0 aliphatic carbocycles. The van der Waals surface area contributed by atoms with E-state index in [4.69, 9.17) is 18.9 Å². The van der Waals surface area contributed by atoms with Crippen molar-refractivity contribution in [1.82, 2.24) is 4.90 Å². The fraction of sp³-hybridized carbons (Fsp3) is 0.600. The van der Waals surface area contributed by atoms with Gasteiger partial charge in [0.25, 0.3) is 0 Å². The van der Waals surface area contributed by atoms with E-state index in [0.29, 0.717) is 44.3 Å². The van der Waals surface area contributed by atoms with E-state index >= 15 is 0 Å². The number of aliphatic hydroxyl groups is 2. The van der Waals surface area contributed by atoms with Crippen LogP contribution in [0.5, 0.6) is 11.5 Å². The molecule has 0 aliphatic heterocycles. The van der Waals surface area contributed by atoms with E-state index in [9.17, 15) is 10.2 Å². The number of nitrogens with zero attached hydrogens (tertiary/aromatic N) is 1. The summed E-state index contributed by atoms with van der Waals surface area (Å²) in [5.74, 6) is 1.27. The Labute approximate surface area is 194 Å². The highest BCUT2D eigenvalue weighted by atomic mass is 16.5. The van der Waals surface area contributed by atoms with Crippen molar-refractivity contribution in [3.8, 4) is 11.5 Å². The molecule has 1 unspecified atom stereocenters. The molecular formula is C25H43NO6. The van der Waals surface area contributed by atoms with Crippen LogP contribution in [0, 0.1) is 0 Å². The van der Waals surface area contributed by atoms with Crippen LogP contribution in [-0.2, 0) is 16.0 Å². The monoisotopic (exact) mass is 453 g/mol.